The van der Waals surface area contributed by atoms with Crippen LogP contribution in [0.25, 0.3) is 0 Å². The fourth-order valence-electron chi connectivity index (χ4n) is 3.81. The van der Waals surface area contributed by atoms with Crippen molar-refractivity contribution in [2.45, 2.75) is 44.6 Å². The van der Waals surface area contributed by atoms with E-state index in [1.807, 2.05) is 11.1 Å². The quantitative estimate of drug-likeness (QED) is 0.867. The summed E-state index contributed by atoms with van der Waals surface area (Å²) in [5.41, 5.74) is 2.13. The molecular weight excluding hydrogens is 280 g/mol. The summed E-state index contributed by atoms with van der Waals surface area (Å²) >= 11 is 0. The lowest BCUT2D eigenvalue weighted by atomic mass is 10.1. The third kappa shape index (κ3) is 2.30. The van der Waals surface area contributed by atoms with Crippen molar-refractivity contribution in [2.75, 3.05) is 13.1 Å². The lowest BCUT2D eigenvalue weighted by Gasteiger charge is -2.18. The first-order chi connectivity index (χ1) is 10.6. The van der Waals surface area contributed by atoms with E-state index >= 15 is 0 Å². The number of fused-ring (bicyclic) bond motifs is 1. The minimum atomic E-state index is -0.106. The molecule has 2 amide bonds. The summed E-state index contributed by atoms with van der Waals surface area (Å²) in [6, 6.07) is 0.0949. The fraction of sp³-hybridized carbons (Fsp3) is 0.688. The highest BCUT2D eigenvalue weighted by molar-refractivity contribution is 5.85. The normalized spacial score (nSPS) is 32.9. The van der Waals surface area contributed by atoms with Crippen molar-refractivity contribution >= 4 is 11.8 Å². The van der Waals surface area contributed by atoms with Crippen molar-refractivity contribution in [3.63, 3.8) is 0 Å². The highest BCUT2D eigenvalue weighted by atomic mass is 16.2. The van der Waals surface area contributed by atoms with Crippen LogP contribution in [0.15, 0.2) is 6.20 Å². The van der Waals surface area contributed by atoms with Crippen molar-refractivity contribution in [3.05, 3.63) is 17.5 Å². The van der Waals surface area contributed by atoms with Crippen LogP contribution in [0.5, 0.6) is 0 Å². The molecule has 1 aromatic heterocycles. The molecule has 3 aliphatic rings. The van der Waals surface area contributed by atoms with Crippen LogP contribution in [-0.4, -0.2) is 46.0 Å². The van der Waals surface area contributed by atoms with Gasteiger partial charge in [-0.3, -0.25) is 14.7 Å². The first-order valence-electron chi connectivity index (χ1n) is 8.24. The van der Waals surface area contributed by atoms with Gasteiger partial charge in [0.2, 0.25) is 11.8 Å². The zero-order valence-electron chi connectivity index (χ0n) is 12.8. The molecule has 3 unspecified atom stereocenters. The van der Waals surface area contributed by atoms with Crippen molar-refractivity contribution in [1.29, 1.82) is 0 Å². The number of H-pyrrole nitrogens is 1. The number of rotatable bonds is 3. The molecule has 0 radical (unpaired) electrons. The summed E-state index contributed by atoms with van der Waals surface area (Å²) in [5, 5.41) is 10.1. The van der Waals surface area contributed by atoms with Gasteiger partial charge in [0, 0.05) is 25.0 Å². The van der Waals surface area contributed by atoms with E-state index in [1.54, 1.807) is 0 Å². The molecule has 1 saturated heterocycles. The number of hydrogen-bond acceptors (Lipinski definition) is 3. The van der Waals surface area contributed by atoms with Gasteiger partial charge in [0.25, 0.3) is 0 Å². The lowest BCUT2D eigenvalue weighted by Crippen LogP contribution is -2.40. The van der Waals surface area contributed by atoms with Gasteiger partial charge in [-0.15, -0.1) is 0 Å². The summed E-state index contributed by atoms with van der Waals surface area (Å²) in [4.78, 5) is 26.6. The van der Waals surface area contributed by atoms with E-state index in [4.69, 9.17) is 0 Å². The first-order valence-corrected chi connectivity index (χ1v) is 8.24. The van der Waals surface area contributed by atoms with Gasteiger partial charge in [0.05, 0.1) is 17.8 Å². The predicted molar refractivity (Wildman–Crippen MR) is 80.0 cm³/mol. The molecule has 1 saturated carbocycles. The molecule has 6 nitrogen and oxygen atoms in total. The Morgan fingerprint density at radius 2 is 2.23 bits per heavy atom. The Hall–Kier alpha value is -1.85. The zero-order chi connectivity index (χ0) is 15.3. The summed E-state index contributed by atoms with van der Waals surface area (Å²) in [5.74, 6) is 1.02. The molecule has 0 spiro atoms. The molecule has 2 N–H and O–H groups in total. The number of nitrogens with zero attached hydrogens (tertiary/aromatic N) is 2. The Labute approximate surface area is 129 Å². The van der Waals surface area contributed by atoms with Gasteiger partial charge in [-0.2, -0.15) is 5.10 Å². The number of carbonyl (C=O) groups excluding carboxylic acids is 2. The summed E-state index contributed by atoms with van der Waals surface area (Å²) < 4.78 is 0. The maximum absolute atomic E-state index is 12.5. The van der Waals surface area contributed by atoms with Crippen LogP contribution in [0.3, 0.4) is 0 Å². The van der Waals surface area contributed by atoms with Crippen molar-refractivity contribution < 1.29 is 9.59 Å². The molecule has 1 aromatic rings. The number of amides is 2. The molecule has 4 rings (SSSR count). The SMILES string of the molecule is CC1CC1C(=O)N1CC[C@H](NC(=O)C2CCc3cn[nH]c32)C1. The topological polar surface area (TPSA) is 78.1 Å². The molecule has 2 fully saturated rings. The van der Waals surface area contributed by atoms with Crippen molar-refractivity contribution in [1.82, 2.24) is 20.4 Å². The second-order valence-corrected chi connectivity index (χ2v) is 7.00. The summed E-state index contributed by atoms with van der Waals surface area (Å²) in [7, 11) is 0. The van der Waals surface area contributed by atoms with Gasteiger partial charge in [-0.05, 0) is 37.2 Å². The van der Waals surface area contributed by atoms with Gasteiger partial charge in [0.15, 0.2) is 0 Å². The summed E-state index contributed by atoms with van der Waals surface area (Å²) in [6.45, 7) is 3.56. The van der Waals surface area contributed by atoms with Crippen LogP contribution in [-0.2, 0) is 16.0 Å². The van der Waals surface area contributed by atoms with Gasteiger partial charge in [-0.1, -0.05) is 6.92 Å². The molecule has 1 aliphatic heterocycles. The van der Waals surface area contributed by atoms with Gasteiger partial charge in [-0.25, -0.2) is 0 Å². The largest absolute Gasteiger partial charge is 0.351 e. The van der Waals surface area contributed by atoms with E-state index in [1.165, 1.54) is 0 Å². The van der Waals surface area contributed by atoms with Crippen LogP contribution < -0.4 is 5.32 Å². The van der Waals surface area contributed by atoms with Crippen LogP contribution >= 0.6 is 0 Å². The highest BCUT2D eigenvalue weighted by Crippen LogP contribution is 2.39. The maximum Gasteiger partial charge on any atom is 0.229 e. The van der Waals surface area contributed by atoms with Crippen molar-refractivity contribution in [3.8, 4) is 0 Å². The summed E-state index contributed by atoms with van der Waals surface area (Å²) in [6.07, 6.45) is 5.47. The number of hydrogen-bond donors (Lipinski definition) is 2. The second kappa shape index (κ2) is 5.11. The van der Waals surface area contributed by atoms with Crippen LogP contribution in [0, 0.1) is 11.8 Å². The lowest BCUT2D eigenvalue weighted by molar-refractivity contribution is -0.132. The second-order valence-electron chi connectivity index (χ2n) is 7.00. The Morgan fingerprint density at radius 3 is 3.00 bits per heavy atom. The van der Waals surface area contributed by atoms with E-state index in [9.17, 15) is 9.59 Å². The van der Waals surface area contributed by atoms with Gasteiger partial charge < -0.3 is 10.2 Å². The predicted octanol–water partition coefficient (Wildman–Crippen LogP) is 0.813. The van der Waals surface area contributed by atoms with Crippen LogP contribution in [0.1, 0.15) is 43.4 Å². The van der Waals surface area contributed by atoms with E-state index < -0.39 is 0 Å². The number of likely N-dealkylation sites (tertiary alicyclic amines) is 1. The van der Waals surface area contributed by atoms with Gasteiger partial charge >= 0.3 is 0 Å². The Balaban J connectivity index is 1.33. The van der Waals surface area contributed by atoms with E-state index in [-0.39, 0.29) is 29.7 Å². The average molecular weight is 302 g/mol. The molecule has 2 heterocycles. The van der Waals surface area contributed by atoms with E-state index in [0.29, 0.717) is 12.5 Å². The third-order valence-corrected chi connectivity index (χ3v) is 5.39. The molecule has 0 aromatic carbocycles. The minimum absolute atomic E-state index is 0.0714. The number of aromatic nitrogens is 2. The number of aromatic amines is 1. The molecule has 22 heavy (non-hydrogen) atoms. The van der Waals surface area contributed by atoms with E-state index in [0.717, 1.165) is 43.5 Å². The van der Waals surface area contributed by atoms with Gasteiger partial charge in [0.1, 0.15) is 0 Å². The van der Waals surface area contributed by atoms with Crippen molar-refractivity contribution in [2.24, 2.45) is 11.8 Å². The molecule has 118 valence electrons. The fourth-order valence-corrected chi connectivity index (χ4v) is 3.81. The molecule has 4 atom stereocenters. The standard InChI is InChI=1S/C16H22N4O2/c1-9-6-13(9)16(22)20-5-4-11(8-20)18-15(21)12-3-2-10-7-17-19-14(10)12/h7,9,11-13H,2-6,8H2,1H3,(H,17,19)(H,18,21)/t9?,11-,12?,13?/m0/s1. The number of aryl methyl sites for hydroxylation is 1. The van der Waals surface area contributed by atoms with Crippen LogP contribution in [0.4, 0.5) is 0 Å². The highest BCUT2D eigenvalue weighted by Gasteiger charge is 2.43. The molecule has 0 bridgehead atoms. The zero-order valence-corrected chi connectivity index (χ0v) is 12.8. The minimum Gasteiger partial charge on any atom is -0.351 e. The molecule has 2 aliphatic carbocycles. The van der Waals surface area contributed by atoms with E-state index in [2.05, 4.69) is 22.4 Å². The Morgan fingerprint density at radius 1 is 1.41 bits per heavy atom. The Bertz CT molecular complexity index is 611. The first kappa shape index (κ1) is 13.8. The Kier molecular flexibility index (Phi) is 3.20. The number of carbonyl (C=O) groups is 2. The maximum atomic E-state index is 12.5. The van der Waals surface area contributed by atoms with Crippen LogP contribution in [0.2, 0.25) is 0 Å². The number of nitrogens with one attached hydrogen (secondary N) is 2. The molecular formula is C16H22N4O2. The smallest absolute Gasteiger partial charge is 0.229 e. The monoisotopic (exact) mass is 302 g/mol. The third-order valence-electron chi connectivity index (χ3n) is 5.39. The molecule has 6 heteroatoms. The average Bonchev–Trinajstić information content (AvgIpc) is 2.93.